The number of hydrogen-bond acceptors (Lipinski definition) is 3. The Morgan fingerprint density at radius 3 is 2.83 bits per heavy atom. The zero-order valence-corrected chi connectivity index (χ0v) is 11.3. The van der Waals surface area contributed by atoms with Crippen LogP contribution < -0.4 is 10.5 Å². The van der Waals surface area contributed by atoms with Crippen LogP contribution in [0.4, 0.5) is 0 Å². The van der Waals surface area contributed by atoms with Crippen molar-refractivity contribution in [1.29, 1.82) is 5.41 Å². The van der Waals surface area contributed by atoms with Gasteiger partial charge in [-0.15, -0.1) is 0 Å². The van der Waals surface area contributed by atoms with E-state index in [4.69, 9.17) is 15.9 Å². The Labute approximate surface area is 109 Å². The lowest BCUT2D eigenvalue weighted by atomic mass is 10.1. The van der Waals surface area contributed by atoms with Gasteiger partial charge >= 0.3 is 0 Å². The predicted molar refractivity (Wildman–Crippen MR) is 74.1 cm³/mol. The second-order valence-electron chi connectivity index (χ2n) is 4.55. The quantitative estimate of drug-likeness (QED) is 0.422. The fraction of sp³-hybridized carbons (Fsp3) is 0.571. The maximum absolute atomic E-state index is 7.33. The van der Waals surface area contributed by atoms with E-state index in [1.165, 1.54) is 25.7 Å². The molecule has 1 unspecified atom stereocenters. The highest BCUT2D eigenvalue weighted by Crippen LogP contribution is 2.13. The number of nitrogen functional groups attached to an aromatic ring is 1. The van der Waals surface area contributed by atoms with Gasteiger partial charge in [0.05, 0.1) is 6.10 Å². The van der Waals surface area contributed by atoms with E-state index >= 15 is 0 Å². The molecule has 4 nitrogen and oxygen atoms in total. The van der Waals surface area contributed by atoms with E-state index in [9.17, 15) is 0 Å². The van der Waals surface area contributed by atoms with Crippen LogP contribution in [-0.4, -0.2) is 16.9 Å². The van der Waals surface area contributed by atoms with Crippen LogP contribution in [0.2, 0.25) is 0 Å². The number of unbranched alkanes of at least 4 members (excludes halogenated alkanes) is 3. The van der Waals surface area contributed by atoms with E-state index in [1.54, 1.807) is 12.1 Å². The van der Waals surface area contributed by atoms with E-state index in [1.807, 2.05) is 13.0 Å². The fourth-order valence-electron chi connectivity index (χ4n) is 1.75. The first kappa shape index (κ1) is 14.5. The Morgan fingerprint density at radius 2 is 2.17 bits per heavy atom. The first-order chi connectivity index (χ1) is 8.63. The van der Waals surface area contributed by atoms with E-state index in [-0.39, 0.29) is 11.9 Å². The molecule has 0 aliphatic heterocycles. The number of pyridine rings is 1. The van der Waals surface area contributed by atoms with Crippen molar-refractivity contribution in [2.75, 3.05) is 0 Å². The zero-order valence-electron chi connectivity index (χ0n) is 11.3. The third-order valence-electron chi connectivity index (χ3n) is 2.79. The molecule has 0 bridgehead atoms. The molecule has 1 aromatic rings. The van der Waals surface area contributed by atoms with Crippen LogP contribution in [0.5, 0.6) is 5.88 Å². The monoisotopic (exact) mass is 249 g/mol. The number of nitrogens with one attached hydrogen (secondary N) is 1. The molecule has 0 saturated heterocycles. The van der Waals surface area contributed by atoms with Crippen molar-refractivity contribution in [1.82, 2.24) is 4.98 Å². The minimum Gasteiger partial charge on any atom is -0.475 e. The Balaban J connectivity index is 2.41. The van der Waals surface area contributed by atoms with Crippen molar-refractivity contribution in [3.05, 3.63) is 23.9 Å². The second-order valence-corrected chi connectivity index (χ2v) is 4.55. The first-order valence-corrected chi connectivity index (χ1v) is 6.61. The Morgan fingerprint density at radius 1 is 1.39 bits per heavy atom. The summed E-state index contributed by atoms with van der Waals surface area (Å²) >= 11 is 0. The Kier molecular flexibility index (Phi) is 6.19. The standard InChI is InChI=1S/C14H23N3O/c1-3-4-5-6-8-11(2)18-13-10-7-9-12(17-13)14(15)16/h7,9-11H,3-6,8H2,1-2H3,(H3,15,16). The van der Waals surface area contributed by atoms with Gasteiger partial charge in [-0.1, -0.05) is 32.3 Å². The van der Waals surface area contributed by atoms with Crippen LogP contribution in [0.25, 0.3) is 0 Å². The molecule has 1 aromatic heterocycles. The molecule has 0 radical (unpaired) electrons. The van der Waals surface area contributed by atoms with Gasteiger partial charge in [0.1, 0.15) is 11.5 Å². The number of rotatable bonds is 8. The highest BCUT2D eigenvalue weighted by atomic mass is 16.5. The largest absolute Gasteiger partial charge is 0.475 e. The molecule has 0 fully saturated rings. The van der Waals surface area contributed by atoms with Gasteiger partial charge in [-0.2, -0.15) is 0 Å². The average molecular weight is 249 g/mol. The number of amidine groups is 1. The maximum Gasteiger partial charge on any atom is 0.214 e. The van der Waals surface area contributed by atoms with Gasteiger partial charge in [0, 0.05) is 6.07 Å². The van der Waals surface area contributed by atoms with Crippen LogP contribution in [-0.2, 0) is 0 Å². The summed E-state index contributed by atoms with van der Waals surface area (Å²) in [5.41, 5.74) is 5.86. The molecule has 0 spiro atoms. The van der Waals surface area contributed by atoms with Crippen LogP contribution in [0, 0.1) is 5.41 Å². The van der Waals surface area contributed by atoms with E-state index < -0.39 is 0 Å². The van der Waals surface area contributed by atoms with E-state index in [0.29, 0.717) is 11.6 Å². The van der Waals surface area contributed by atoms with Gasteiger partial charge < -0.3 is 10.5 Å². The van der Waals surface area contributed by atoms with Crippen molar-refractivity contribution in [2.24, 2.45) is 5.73 Å². The molecule has 1 atom stereocenters. The van der Waals surface area contributed by atoms with Gasteiger partial charge in [-0.3, -0.25) is 5.41 Å². The van der Waals surface area contributed by atoms with E-state index in [0.717, 1.165) is 6.42 Å². The lowest BCUT2D eigenvalue weighted by molar-refractivity contribution is 0.198. The minimum atomic E-state index is -0.0314. The average Bonchev–Trinajstić information content (AvgIpc) is 2.35. The molecule has 0 aromatic carbocycles. The number of hydrogen-bond donors (Lipinski definition) is 2. The van der Waals surface area contributed by atoms with Crippen molar-refractivity contribution < 1.29 is 4.74 Å². The molecule has 0 aliphatic carbocycles. The summed E-state index contributed by atoms with van der Waals surface area (Å²) in [5, 5.41) is 7.33. The van der Waals surface area contributed by atoms with Gasteiger partial charge in [-0.05, 0) is 25.8 Å². The lowest BCUT2D eigenvalue weighted by Gasteiger charge is -2.14. The van der Waals surface area contributed by atoms with Gasteiger partial charge in [0.15, 0.2) is 0 Å². The van der Waals surface area contributed by atoms with Gasteiger partial charge in [-0.25, -0.2) is 4.98 Å². The van der Waals surface area contributed by atoms with E-state index in [2.05, 4.69) is 11.9 Å². The summed E-state index contributed by atoms with van der Waals surface area (Å²) < 4.78 is 5.72. The molecule has 18 heavy (non-hydrogen) atoms. The molecule has 0 amide bonds. The molecular formula is C14H23N3O. The fourth-order valence-corrected chi connectivity index (χ4v) is 1.75. The summed E-state index contributed by atoms with van der Waals surface area (Å²) in [6.07, 6.45) is 6.15. The van der Waals surface area contributed by atoms with Crippen LogP contribution in [0.3, 0.4) is 0 Å². The van der Waals surface area contributed by atoms with Crippen molar-refractivity contribution in [3.8, 4) is 5.88 Å². The third-order valence-corrected chi connectivity index (χ3v) is 2.79. The summed E-state index contributed by atoms with van der Waals surface area (Å²) in [5.74, 6) is 0.516. The summed E-state index contributed by atoms with van der Waals surface area (Å²) in [6, 6.07) is 5.32. The molecule has 3 N–H and O–H groups in total. The Hall–Kier alpha value is -1.58. The molecule has 4 heteroatoms. The number of nitrogens with zero attached hydrogens (tertiary/aromatic N) is 1. The van der Waals surface area contributed by atoms with Gasteiger partial charge in [0.2, 0.25) is 5.88 Å². The molecule has 1 heterocycles. The van der Waals surface area contributed by atoms with Crippen molar-refractivity contribution in [3.63, 3.8) is 0 Å². The van der Waals surface area contributed by atoms with Crippen LogP contribution in [0.15, 0.2) is 18.2 Å². The number of aromatic nitrogens is 1. The normalized spacial score (nSPS) is 12.1. The second kappa shape index (κ2) is 7.69. The van der Waals surface area contributed by atoms with Crippen molar-refractivity contribution in [2.45, 2.75) is 52.1 Å². The highest BCUT2D eigenvalue weighted by Gasteiger charge is 2.06. The van der Waals surface area contributed by atoms with Crippen LogP contribution >= 0.6 is 0 Å². The SMILES string of the molecule is CCCCCCC(C)Oc1cccc(C(=N)N)n1. The summed E-state index contributed by atoms with van der Waals surface area (Å²) in [7, 11) is 0. The zero-order chi connectivity index (χ0) is 13.4. The molecule has 1 rings (SSSR count). The molecular weight excluding hydrogens is 226 g/mol. The number of ether oxygens (including phenoxy) is 1. The molecule has 0 aliphatic rings. The predicted octanol–water partition coefficient (Wildman–Crippen LogP) is 3.10. The highest BCUT2D eigenvalue weighted by molar-refractivity contribution is 5.93. The van der Waals surface area contributed by atoms with Crippen molar-refractivity contribution >= 4 is 5.84 Å². The summed E-state index contributed by atoms with van der Waals surface area (Å²) in [6.45, 7) is 4.26. The molecule has 0 saturated carbocycles. The number of nitrogens with two attached hydrogens (primary N) is 1. The smallest absolute Gasteiger partial charge is 0.214 e. The first-order valence-electron chi connectivity index (χ1n) is 6.61. The minimum absolute atomic E-state index is 0.0314. The topological polar surface area (TPSA) is 72.0 Å². The maximum atomic E-state index is 7.33. The van der Waals surface area contributed by atoms with Gasteiger partial charge in [0.25, 0.3) is 0 Å². The van der Waals surface area contributed by atoms with Crippen LogP contribution in [0.1, 0.15) is 51.6 Å². The third kappa shape index (κ3) is 5.17. The lowest BCUT2D eigenvalue weighted by Crippen LogP contribution is -2.16. The summed E-state index contributed by atoms with van der Waals surface area (Å²) in [4.78, 5) is 4.18. The Bertz CT molecular complexity index is 379. The molecule has 100 valence electrons.